The number of fused-ring (bicyclic) bond motifs is 1. The van der Waals surface area contributed by atoms with Gasteiger partial charge in [-0.15, -0.1) is 0 Å². The second-order valence-corrected chi connectivity index (χ2v) is 5.28. The molecular weight excluding hydrogens is 318 g/mol. The lowest BCUT2D eigenvalue weighted by Gasteiger charge is -2.06. The summed E-state index contributed by atoms with van der Waals surface area (Å²) in [5.74, 6) is -1.73. The molecule has 2 aromatic carbocycles. The first kappa shape index (κ1) is 15.1. The molecule has 0 bridgehead atoms. The predicted molar refractivity (Wildman–Crippen MR) is 85.8 cm³/mol. The lowest BCUT2D eigenvalue weighted by atomic mass is 10.1. The number of carbonyl (C=O) groups is 2. The van der Waals surface area contributed by atoms with E-state index in [0.29, 0.717) is 27.1 Å². The Bertz CT molecular complexity index is 900. The minimum absolute atomic E-state index is 0.0305. The number of rotatable bonds is 4. The van der Waals surface area contributed by atoms with Crippen molar-refractivity contribution in [2.45, 2.75) is 6.54 Å². The molecule has 0 atom stereocenters. The molecule has 0 unspecified atom stereocenters. The van der Waals surface area contributed by atoms with Crippen LogP contribution < -0.4 is 5.32 Å². The molecule has 6 heteroatoms. The monoisotopic (exact) mass is 329 g/mol. The van der Waals surface area contributed by atoms with Gasteiger partial charge in [0, 0.05) is 17.5 Å². The van der Waals surface area contributed by atoms with Crippen LogP contribution in [0.15, 0.2) is 52.9 Å². The highest BCUT2D eigenvalue weighted by Gasteiger charge is 2.20. The second kappa shape index (κ2) is 6.14. The predicted octanol–water partition coefficient (Wildman–Crippen LogP) is 3.71. The Balaban J connectivity index is 1.90. The first-order chi connectivity index (χ1) is 11.1. The molecule has 23 heavy (non-hydrogen) atoms. The van der Waals surface area contributed by atoms with Gasteiger partial charge in [-0.25, -0.2) is 4.79 Å². The van der Waals surface area contributed by atoms with Crippen molar-refractivity contribution < 1.29 is 19.1 Å². The summed E-state index contributed by atoms with van der Waals surface area (Å²) in [5, 5.41) is 12.9. The number of furan rings is 1. The minimum Gasteiger partial charge on any atom is -0.475 e. The van der Waals surface area contributed by atoms with Crippen molar-refractivity contribution in [2.24, 2.45) is 0 Å². The van der Waals surface area contributed by atoms with Crippen molar-refractivity contribution in [3.63, 3.8) is 0 Å². The van der Waals surface area contributed by atoms with Crippen molar-refractivity contribution in [1.82, 2.24) is 5.32 Å². The number of carboxylic acids is 1. The van der Waals surface area contributed by atoms with Crippen LogP contribution in [-0.2, 0) is 6.54 Å². The number of nitrogens with one attached hydrogen (secondary N) is 1. The summed E-state index contributed by atoms with van der Waals surface area (Å²) in [6, 6.07) is 13.6. The van der Waals surface area contributed by atoms with Crippen LogP contribution in [0.3, 0.4) is 0 Å². The zero-order valence-electron chi connectivity index (χ0n) is 11.9. The molecule has 0 aliphatic carbocycles. The zero-order valence-corrected chi connectivity index (χ0v) is 12.6. The quantitative estimate of drug-likeness (QED) is 0.764. The molecule has 0 saturated heterocycles. The van der Waals surface area contributed by atoms with Crippen molar-refractivity contribution in [1.29, 1.82) is 0 Å². The molecule has 0 fully saturated rings. The molecule has 2 N–H and O–H groups in total. The fourth-order valence-corrected chi connectivity index (χ4v) is 2.58. The maximum absolute atomic E-state index is 12.2. The van der Waals surface area contributed by atoms with E-state index in [9.17, 15) is 14.7 Å². The molecule has 0 spiro atoms. The van der Waals surface area contributed by atoms with E-state index in [4.69, 9.17) is 16.0 Å². The summed E-state index contributed by atoms with van der Waals surface area (Å²) in [4.78, 5) is 23.5. The third-order valence-corrected chi connectivity index (χ3v) is 3.77. The van der Waals surface area contributed by atoms with Gasteiger partial charge in [0.2, 0.25) is 5.76 Å². The SMILES string of the molecule is O=C(NCc1c(C(=O)O)oc2ccccc12)c1ccccc1Cl. The maximum atomic E-state index is 12.2. The second-order valence-electron chi connectivity index (χ2n) is 4.87. The number of hydrogen-bond acceptors (Lipinski definition) is 3. The Labute approximate surface area is 136 Å². The lowest BCUT2D eigenvalue weighted by molar-refractivity contribution is 0.0662. The van der Waals surface area contributed by atoms with Gasteiger partial charge in [0.15, 0.2) is 0 Å². The number of para-hydroxylation sites is 1. The van der Waals surface area contributed by atoms with Crippen molar-refractivity contribution in [2.75, 3.05) is 0 Å². The Kier molecular flexibility index (Phi) is 4.04. The van der Waals surface area contributed by atoms with Gasteiger partial charge in [-0.2, -0.15) is 0 Å². The van der Waals surface area contributed by atoms with E-state index < -0.39 is 5.97 Å². The highest BCUT2D eigenvalue weighted by molar-refractivity contribution is 6.33. The smallest absolute Gasteiger partial charge is 0.372 e. The normalized spacial score (nSPS) is 10.7. The first-order valence-corrected chi connectivity index (χ1v) is 7.22. The molecule has 3 rings (SSSR count). The Morgan fingerprint density at radius 2 is 1.78 bits per heavy atom. The maximum Gasteiger partial charge on any atom is 0.372 e. The van der Waals surface area contributed by atoms with Gasteiger partial charge in [0.05, 0.1) is 10.6 Å². The van der Waals surface area contributed by atoms with Gasteiger partial charge >= 0.3 is 5.97 Å². The molecule has 0 saturated carbocycles. The van der Waals surface area contributed by atoms with Gasteiger partial charge in [-0.05, 0) is 18.2 Å². The average molecular weight is 330 g/mol. The van der Waals surface area contributed by atoms with Crippen molar-refractivity contribution in [3.8, 4) is 0 Å². The molecule has 0 aliphatic rings. The molecule has 0 aliphatic heterocycles. The van der Waals surface area contributed by atoms with Gasteiger partial charge < -0.3 is 14.8 Å². The van der Waals surface area contributed by atoms with Crippen LogP contribution >= 0.6 is 11.6 Å². The average Bonchev–Trinajstić information content (AvgIpc) is 2.92. The summed E-state index contributed by atoms with van der Waals surface area (Å²) in [6.07, 6.45) is 0. The fourth-order valence-electron chi connectivity index (χ4n) is 2.36. The number of benzene rings is 2. The summed E-state index contributed by atoms with van der Waals surface area (Å²) in [5.41, 5.74) is 1.22. The molecule has 0 radical (unpaired) electrons. The zero-order chi connectivity index (χ0) is 16.4. The number of aromatic carboxylic acids is 1. The number of carbonyl (C=O) groups excluding carboxylic acids is 1. The minimum atomic E-state index is -1.18. The molecule has 5 nitrogen and oxygen atoms in total. The highest BCUT2D eigenvalue weighted by Crippen LogP contribution is 2.26. The molecular formula is C17H12ClNO4. The van der Waals surface area contributed by atoms with E-state index in [0.717, 1.165) is 0 Å². The first-order valence-electron chi connectivity index (χ1n) is 6.84. The third-order valence-electron chi connectivity index (χ3n) is 3.44. The van der Waals surface area contributed by atoms with E-state index in [1.54, 1.807) is 48.5 Å². The summed E-state index contributed by atoms with van der Waals surface area (Å²) >= 11 is 5.98. The number of amides is 1. The van der Waals surface area contributed by atoms with Crippen LogP contribution in [0.25, 0.3) is 11.0 Å². The van der Waals surface area contributed by atoms with Crippen LogP contribution in [-0.4, -0.2) is 17.0 Å². The molecule has 3 aromatic rings. The Hall–Kier alpha value is -2.79. The lowest BCUT2D eigenvalue weighted by Crippen LogP contribution is -2.23. The fraction of sp³-hybridized carbons (Fsp3) is 0.0588. The van der Waals surface area contributed by atoms with Gasteiger partial charge in [-0.1, -0.05) is 41.9 Å². The van der Waals surface area contributed by atoms with E-state index in [1.807, 2.05) is 0 Å². The topological polar surface area (TPSA) is 79.5 Å². The Morgan fingerprint density at radius 3 is 2.52 bits per heavy atom. The van der Waals surface area contributed by atoms with Crippen molar-refractivity contribution >= 4 is 34.4 Å². The number of hydrogen-bond donors (Lipinski definition) is 2. The van der Waals surface area contributed by atoms with E-state index in [1.165, 1.54) is 0 Å². The molecule has 1 aromatic heterocycles. The van der Waals surface area contributed by atoms with Gasteiger partial charge in [0.25, 0.3) is 5.91 Å². The largest absolute Gasteiger partial charge is 0.475 e. The summed E-state index contributed by atoms with van der Waals surface area (Å²) < 4.78 is 5.35. The van der Waals surface area contributed by atoms with Crippen LogP contribution in [0.4, 0.5) is 0 Å². The molecule has 116 valence electrons. The number of halogens is 1. The van der Waals surface area contributed by atoms with Crippen molar-refractivity contribution in [3.05, 3.63) is 70.4 Å². The van der Waals surface area contributed by atoms with Crippen LogP contribution in [0.1, 0.15) is 26.5 Å². The molecule has 1 amide bonds. The molecule has 1 heterocycles. The van der Waals surface area contributed by atoms with Gasteiger partial charge in [0.1, 0.15) is 5.58 Å². The number of carboxylic acid groups (broad SMARTS) is 1. The van der Waals surface area contributed by atoms with E-state index in [2.05, 4.69) is 5.32 Å². The Morgan fingerprint density at radius 1 is 1.09 bits per heavy atom. The van der Waals surface area contributed by atoms with Crippen LogP contribution in [0, 0.1) is 0 Å². The highest BCUT2D eigenvalue weighted by atomic mass is 35.5. The van der Waals surface area contributed by atoms with E-state index in [-0.39, 0.29) is 18.2 Å². The van der Waals surface area contributed by atoms with Crippen LogP contribution in [0.5, 0.6) is 0 Å². The summed E-state index contributed by atoms with van der Waals surface area (Å²) in [6.45, 7) is 0.0305. The third kappa shape index (κ3) is 2.91. The van der Waals surface area contributed by atoms with Gasteiger partial charge in [-0.3, -0.25) is 4.79 Å². The summed E-state index contributed by atoms with van der Waals surface area (Å²) in [7, 11) is 0. The van der Waals surface area contributed by atoms with Crippen LogP contribution in [0.2, 0.25) is 5.02 Å². The standard InChI is InChI=1S/C17H12ClNO4/c18-13-7-3-1-6-11(13)16(20)19-9-12-10-5-2-4-8-14(10)23-15(12)17(21)22/h1-8H,9H2,(H,19,20)(H,21,22). The van der Waals surface area contributed by atoms with E-state index >= 15 is 0 Å².